The van der Waals surface area contributed by atoms with Gasteiger partial charge in [-0.3, -0.25) is 14.7 Å². The van der Waals surface area contributed by atoms with Gasteiger partial charge in [0, 0.05) is 55.2 Å². The number of rotatable bonds is 6. The SMILES string of the molecule is CC(c1ccc(-c2cncc(O)c2)cc1)N1CCN(c2ccc(C(=O)NCC(F)(F)F)cc2)CC1. The van der Waals surface area contributed by atoms with Crippen LogP contribution in [0.4, 0.5) is 18.9 Å². The van der Waals surface area contributed by atoms with Gasteiger partial charge in [-0.1, -0.05) is 24.3 Å². The molecule has 2 heterocycles. The molecule has 1 amide bonds. The third-order valence-electron chi connectivity index (χ3n) is 6.26. The first kappa shape index (κ1) is 24.5. The summed E-state index contributed by atoms with van der Waals surface area (Å²) in [6, 6.07) is 16.8. The van der Waals surface area contributed by atoms with Crippen molar-refractivity contribution in [1.82, 2.24) is 15.2 Å². The Hall–Kier alpha value is -3.59. The average molecular weight is 485 g/mol. The van der Waals surface area contributed by atoms with Crippen LogP contribution in [0.1, 0.15) is 28.9 Å². The Morgan fingerprint density at radius 2 is 1.66 bits per heavy atom. The second kappa shape index (κ2) is 10.4. The minimum Gasteiger partial charge on any atom is -0.506 e. The van der Waals surface area contributed by atoms with E-state index in [1.165, 1.54) is 11.8 Å². The van der Waals surface area contributed by atoms with Crippen LogP contribution in [0.3, 0.4) is 0 Å². The molecule has 0 aliphatic carbocycles. The molecule has 1 saturated heterocycles. The molecule has 1 fully saturated rings. The van der Waals surface area contributed by atoms with Crippen molar-refractivity contribution in [2.75, 3.05) is 37.6 Å². The lowest BCUT2D eigenvalue weighted by Gasteiger charge is -2.39. The lowest BCUT2D eigenvalue weighted by Crippen LogP contribution is -2.47. The highest BCUT2D eigenvalue weighted by Crippen LogP contribution is 2.27. The molecule has 1 aliphatic heterocycles. The first-order chi connectivity index (χ1) is 16.7. The van der Waals surface area contributed by atoms with E-state index in [2.05, 4.69) is 33.8 Å². The summed E-state index contributed by atoms with van der Waals surface area (Å²) in [5, 5.41) is 11.5. The molecule has 1 aromatic heterocycles. The number of amides is 1. The number of nitrogens with one attached hydrogen (secondary N) is 1. The highest BCUT2D eigenvalue weighted by atomic mass is 19.4. The molecule has 2 aromatic carbocycles. The molecule has 1 atom stereocenters. The van der Waals surface area contributed by atoms with E-state index in [9.17, 15) is 23.1 Å². The fourth-order valence-electron chi connectivity index (χ4n) is 4.22. The molecule has 0 bridgehead atoms. The number of hydrogen-bond donors (Lipinski definition) is 2. The number of halogens is 3. The molecule has 0 spiro atoms. The fraction of sp³-hybridized carbons (Fsp3) is 0.308. The molecule has 2 N–H and O–H groups in total. The highest BCUT2D eigenvalue weighted by molar-refractivity contribution is 5.94. The van der Waals surface area contributed by atoms with Crippen LogP contribution in [0, 0.1) is 0 Å². The standard InChI is InChI=1S/C26H27F3N4O2/c1-18(19-2-4-20(5-3-19)22-14-24(34)16-30-15-22)32-10-12-33(13-11-32)23-8-6-21(7-9-23)25(35)31-17-26(27,28)29/h2-9,14-16,18,34H,10-13,17H2,1H3,(H,31,35). The Kier molecular flexibility index (Phi) is 7.25. The normalized spacial score (nSPS) is 15.6. The Morgan fingerprint density at radius 3 is 2.26 bits per heavy atom. The van der Waals surface area contributed by atoms with Crippen molar-refractivity contribution in [2.45, 2.75) is 19.1 Å². The van der Waals surface area contributed by atoms with Crippen molar-refractivity contribution >= 4 is 11.6 Å². The van der Waals surface area contributed by atoms with Gasteiger partial charge in [-0.05, 0) is 48.4 Å². The molecule has 9 heteroatoms. The van der Waals surface area contributed by atoms with Gasteiger partial charge in [0.1, 0.15) is 12.3 Å². The molecule has 1 aliphatic rings. The van der Waals surface area contributed by atoms with Gasteiger partial charge in [0.15, 0.2) is 0 Å². The van der Waals surface area contributed by atoms with Gasteiger partial charge >= 0.3 is 6.18 Å². The van der Waals surface area contributed by atoms with Gasteiger partial charge < -0.3 is 15.3 Å². The van der Waals surface area contributed by atoms with Crippen LogP contribution in [0.5, 0.6) is 5.75 Å². The topological polar surface area (TPSA) is 68.7 Å². The molecule has 1 unspecified atom stereocenters. The minimum absolute atomic E-state index is 0.136. The number of hydrogen-bond acceptors (Lipinski definition) is 5. The van der Waals surface area contributed by atoms with E-state index < -0.39 is 18.6 Å². The minimum atomic E-state index is -4.43. The van der Waals surface area contributed by atoms with Gasteiger partial charge in [0.2, 0.25) is 0 Å². The summed E-state index contributed by atoms with van der Waals surface area (Å²) in [7, 11) is 0. The highest BCUT2D eigenvalue weighted by Gasteiger charge is 2.28. The summed E-state index contributed by atoms with van der Waals surface area (Å²) in [5.41, 5.74) is 4.19. The fourth-order valence-corrected chi connectivity index (χ4v) is 4.22. The number of aromatic hydroxyl groups is 1. The molecule has 0 radical (unpaired) electrons. The zero-order chi connectivity index (χ0) is 25.0. The Morgan fingerprint density at radius 1 is 1.00 bits per heavy atom. The number of piperazine rings is 1. The van der Waals surface area contributed by atoms with Crippen LogP contribution in [0.15, 0.2) is 67.0 Å². The lowest BCUT2D eigenvalue weighted by molar-refractivity contribution is -0.123. The smallest absolute Gasteiger partial charge is 0.405 e. The number of nitrogens with zero attached hydrogens (tertiary/aromatic N) is 3. The number of carbonyl (C=O) groups is 1. The summed E-state index contributed by atoms with van der Waals surface area (Å²) in [4.78, 5) is 20.5. The predicted molar refractivity (Wildman–Crippen MR) is 128 cm³/mol. The monoisotopic (exact) mass is 484 g/mol. The van der Waals surface area contributed by atoms with Crippen molar-refractivity contribution in [1.29, 1.82) is 0 Å². The first-order valence-electron chi connectivity index (χ1n) is 11.4. The van der Waals surface area contributed by atoms with Crippen LogP contribution < -0.4 is 10.2 Å². The third-order valence-corrected chi connectivity index (χ3v) is 6.26. The van der Waals surface area contributed by atoms with Crippen molar-refractivity contribution in [3.8, 4) is 16.9 Å². The van der Waals surface area contributed by atoms with E-state index in [1.54, 1.807) is 36.5 Å². The molecule has 35 heavy (non-hydrogen) atoms. The number of anilines is 1. The zero-order valence-corrected chi connectivity index (χ0v) is 19.3. The average Bonchev–Trinajstić information content (AvgIpc) is 2.87. The van der Waals surface area contributed by atoms with Crippen molar-refractivity contribution in [2.24, 2.45) is 0 Å². The number of benzene rings is 2. The maximum Gasteiger partial charge on any atom is 0.405 e. The number of pyridine rings is 1. The first-order valence-corrected chi connectivity index (χ1v) is 11.4. The number of aromatic nitrogens is 1. The molecule has 3 aromatic rings. The van der Waals surface area contributed by atoms with Crippen LogP contribution >= 0.6 is 0 Å². The van der Waals surface area contributed by atoms with Gasteiger partial charge in [-0.15, -0.1) is 0 Å². The third kappa shape index (κ3) is 6.30. The Bertz CT molecular complexity index is 1140. The van der Waals surface area contributed by atoms with E-state index in [1.807, 2.05) is 17.4 Å². The van der Waals surface area contributed by atoms with Crippen LogP contribution in [0.2, 0.25) is 0 Å². The number of carbonyl (C=O) groups excluding carboxylic acids is 1. The van der Waals surface area contributed by atoms with Crippen molar-refractivity contribution in [3.63, 3.8) is 0 Å². The maximum atomic E-state index is 12.3. The molecule has 4 rings (SSSR count). The van der Waals surface area contributed by atoms with E-state index in [4.69, 9.17) is 0 Å². The quantitative estimate of drug-likeness (QED) is 0.534. The predicted octanol–water partition coefficient (Wildman–Crippen LogP) is 4.63. The summed E-state index contributed by atoms with van der Waals surface area (Å²) in [6.07, 6.45) is -1.31. The zero-order valence-electron chi connectivity index (χ0n) is 19.3. The van der Waals surface area contributed by atoms with Gasteiger partial charge in [0.25, 0.3) is 5.91 Å². The molecule has 184 valence electrons. The van der Waals surface area contributed by atoms with Crippen molar-refractivity contribution in [3.05, 3.63) is 78.1 Å². The van der Waals surface area contributed by atoms with Gasteiger partial charge in [0.05, 0.1) is 6.20 Å². The van der Waals surface area contributed by atoms with E-state index in [-0.39, 0.29) is 17.4 Å². The Labute approximate surface area is 202 Å². The number of alkyl halides is 3. The van der Waals surface area contributed by atoms with E-state index >= 15 is 0 Å². The molecule has 0 saturated carbocycles. The van der Waals surface area contributed by atoms with Crippen LogP contribution in [-0.2, 0) is 0 Å². The van der Waals surface area contributed by atoms with Gasteiger partial charge in [-0.25, -0.2) is 0 Å². The van der Waals surface area contributed by atoms with E-state index in [0.717, 1.165) is 43.0 Å². The summed E-state index contributed by atoms with van der Waals surface area (Å²) < 4.78 is 36.9. The molecular weight excluding hydrogens is 457 g/mol. The van der Waals surface area contributed by atoms with Crippen LogP contribution in [0.25, 0.3) is 11.1 Å². The van der Waals surface area contributed by atoms with Gasteiger partial charge in [-0.2, -0.15) is 13.2 Å². The second-order valence-corrected chi connectivity index (χ2v) is 8.60. The van der Waals surface area contributed by atoms with Crippen molar-refractivity contribution < 1.29 is 23.1 Å². The van der Waals surface area contributed by atoms with Crippen LogP contribution in [-0.4, -0.2) is 59.8 Å². The summed E-state index contributed by atoms with van der Waals surface area (Å²) in [5.74, 6) is -0.601. The Balaban J connectivity index is 1.31. The largest absolute Gasteiger partial charge is 0.506 e. The molecular formula is C26H27F3N4O2. The summed E-state index contributed by atoms with van der Waals surface area (Å²) in [6.45, 7) is 4.15. The summed E-state index contributed by atoms with van der Waals surface area (Å²) >= 11 is 0. The maximum absolute atomic E-state index is 12.3. The molecule has 6 nitrogen and oxygen atoms in total. The van der Waals surface area contributed by atoms with E-state index in [0.29, 0.717) is 0 Å². The second-order valence-electron chi connectivity index (χ2n) is 8.60. The lowest BCUT2D eigenvalue weighted by atomic mass is 10.0.